The fraction of sp³-hybridized carbons (Fsp3) is 0.250. The van der Waals surface area contributed by atoms with E-state index in [9.17, 15) is 8.78 Å². The van der Waals surface area contributed by atoms with Gasteiger partial charge in [0.15, 0.2) is 0 Å². The summed E-state index contributed by atoms with van der Waals surface area (Å²) < 4.78 is 23.5. The van der Waals surface area contributed by atoms with Gasteiger partial charge >= 0.3 is 0 Å². The second-order valence-electron chi connectivity index (χ2n) is 2.28. The molecular weight excluding hydrogens is 184 g/mol. The molecule has 0 aromatic heterocycles. The van der Waals surface area contributed by atoms with Crippen LogP contribution in [0.4, 0.5) is 14.5 Å². The summed E-state index contributed by atoms with van der Waals surface area (Å²) in [5.41, 5.74) is 0.614. The summed E-state index contributed by atoms with van der Waals surface area (Å²) in [6.45, 7) is -0.347. The minimum atomic E-state index is -2.34. The summed E-state index contributed by atoms with van der Waals surface area (Å²) in [5.74, 6) is 0. The van der Waals surface area contributed by atoms with Crippen molar-refractivity contribution < 1.29 is 8.78 Å². The molecular formula is C8H8ClF2N. The van der Waals surface area contributed by atoms with Gasteiger partial charge in [-0.2, -0.15) is 0 Å². The molecule has 0 heterocycles. The number of benzene rings is 1. The van der Waals surface area contributed by atoms with Crippen molar-refractivity contribution in [1.82, 2.24) is 0 Å². The summed E-state index contributed by atoms with van der Waals surface area (Å²) in [4.78, 5) is 0. The van der Waals surface area contributed by atoms with Crippen LogP contribution in [0.5, 0.6) is 0 Å². The van der Waals surface area contributed by atoms with E-state index in [0.717, 1.165) is 0 Å². The van der Waals surface area contributed by atoms with Gasteiger partial charge in [0.1, 0.15) is 0 Å². The van der Waals surface area contributed by atoms with E-state index in [0.29, 0.717) is 10.7 Å². The SMILES string of the molecule is FC(F)CNc1cccc(Cl)c1. The molecule has 0 aliphatic carbocycles. The number of halogens is 3. The normalized spacial score (nSPS) is 10.3. The first kappa shape index (κ1) is 9.26. The second-order valence-corrected chi connectivity index (χ2v) is 2.72. The maximum Gasteiger partial charge on any atom is 0.255 e. The van der Waals surface area contributed by atoms with Crippen LogP contribution in [0.1, 0.15) is 0 Å². The topological polar surface area (TPSA) is 12.0 Å². The molecule has 0 radical (unpaired) electrons. The first-order chi connectivity index (χ1) is 5.68. The van der Waals surface area contributed by atoms with Gasteiger partial charge in [0.25, 0.3) is 6.43 Å². The lowest BCUT2D eigenvalue weighted by molar-refractivity contribution is 0.163. The highest BCUT2D eigenvalue weighted by atomic mass is 35.5. The van der Waals surface area contributed by atoms with E-state index in [1.165, 1.54) is 0 Å². The molecule has 1 nitrogen and oxygen atoms in total. The van der Waals surface area contributed by atoms with Crippen LogP contribution < -0.4 is 5.32 Å². The number of rotatable bonds is 3. The molecule has 0 atom stereocenters. The fourth-order valence-corrected chi connectivity index (χ4v) is 0.984. The van der Waals surface area contributed by atoms with Gasteiger partial charge in [0.05, 0.1) is 6.54 Å². The van der Waals surface area contributed by atoms with Gasteiger partial charge in [-0.15, -0.1) is 0 Å². The largest absolute Gasteiger partial charge is 0.379 e. The zero-order valence-electron chi connectivity index (χ0n) is 6.23. The summed E-state index contributed by atoms with van der Waals surface area (Å²) in [6, 6.07) is 6.68. The molecule has 1 aromatic rings. The van der Waals surface area contributed by atoms with Gasteiger partial charge in [-0.1, -0.05) is 17.7 Å². The van der Waals surface area contributed by atoms with E-state index in [1.807, 2.05) is 0 Å². The smallest absolute Gasteiger partial charge is 0.255 e. The minimum absolute atomic E-state index is 0.347. The third-order valence-electron chi connectivity index (χ3n) is 1.29. The van der Waals surface area contributed by atoms with Crippen molar-refractivity contribution >= 4 is 17.3 Å². The lowest BCUT2D eigenvalue weighted by Gasteiger charge is -2.04. The van der Waals surface area contributed by atoms with Crippen molar-refractivity contribution in [2.75, 3.05) is 11.9 Å². The standard InChI is InChI=1S/C8H8ClF2N/c9-6-2-1-3-7(4-6)12-5-8(10)11/h1-4,8,12H,5H2. The molecule has 0 spiro atoms. The van der Waals surface area contributed by atoms with Crippen LogP contribution in [0.2, 0.25) is 5.02 Å². The molecule has 1 rings (SSSR count). The van der Waals surface area contributed by atoms with E-state index in [-0.39, 0.29) is 6.54 Å². The van der Waals surface area contributed by atoms with Gasteiger partial charge in [-0.25, -0.2) is 8.78 Å². The average Bonchev–Trinajstić information content (AvgIpc) is 2.01. The third kappa shape index (κ3) is 3.05. The Morgan fingerprint density at radius 1 is 1.42 bits per heavy atom. The highest BCUT2D eigenvalue weighted by Crippen LogP contribution is 2.14. The first-order valence-corrected chi connectivity index (χ1v) is 3.84. The summed E-state index contributed by atoms with van der Waals surface area (Å²) in [5, 5.41) is 3.09. The zero-order valence-corrected chi connectivity index (χ0v) is 6.98. The number of hydrogen-bond donors (Lipinski definition) is 1. The van der Waals surface area contributed by atoms with Crippen molar-refractivity contribution in [2.45, 2.75) is 6.43 Å². The third-order valence-corrected chi connectivity index (χ3v) is 1.52. The molecule has 0 fully saturated rings. The quantitative estimate of drug-likeness (QED) is 0.775. The molecule has 1 N–H and O–H groups in total. The number of nitrogens with one attached hydrogen (secondary N) is 1. The Bertz CT molecular complexity index is 253. The van der Waals surface area contributed by atoms with Gasteiger partial charge in [-0.05, 0) is 18.2 Å². The fourth-order valence-electron chi connectivity index (χ4n) is 0.793. The van der Waals surface area contributed by atoms with E-state index in [1.54, 1.807) is 24.3 Å². The molecule has 0 amide bonds. The molecule has 1 aromatic carbocycles. The van der Waals surface area contributed by atoms with Crippen molar-refractivity contribution in [1.29, 1.82) is 0 Å². The Morgan fingerprint density at radius 2 is 2.17 bits per heavy atom. The number of hydrogen-bond acceptors (Lipinski definition) is 1. The van der Waals surface area contributed by atoms with E-state index < -0.39 is 6.43 Å². The van der Waals surface area contributed by atoms with Crippen molar-refractivity contribution in [3.8, 4) is 0 Å². The van der Waals surface area contributed by atoms with Crippen molar-refractivity contribution in [3.63, 3.8) is 0 Å². The molecule has 4 heteroatoms. The Labute approximate surface area is 74.3 Å². The lowest BCUT2D eigenvalue weighted by atomic mass is 10.3. The Hall–Kier alpha value is -0.830. The van der Waals surface area contributed by atoms with Crippen molar-refractivity contribution in [2.24, 2.45) is 0 Å². The Kier molecular flexibility index (Phi) is 3.29. The molecule has 0 saturated heterocycles. The van der Waals surface area contributed by atoms with Crippen LogP contribution in [0.15, 0.2) is 24.3 Å². The highest BCUT2D eigenvalue weighted by Gasteiger charge is 2.00. The van der Waals surface area contributed by atoms with Gasteiger partial charge in [0, 0.05) is 10.7 Å². The molecule has 0 bridgehead atoms. The maximum atomic E-state index is 11.7. The summed E-state index contributed by atoms with van der Waals surface area (Å²) in [6.07, 6.45) is -2.34. The predicted octanol–water partition coefficient (Wildman–Crippen LogP) is 3.02. The average molecular weight is 192 g/mol. The van der Waals surface area contributed by atoms with Crippen LogP contribution in [0.3, 0.4) is 0 Å². The molecule has 0 aliphatic rings. The predicted molar refractivity (Wildman–Crippen MR) is 45.9 cm³/mol. The van der Waals surface area contributed by atoms with Crippen LogP contribution >= 0.6 is 11.6 Å². The maximum absolute atomic E-state index is 11.7. The Balaban J connectivity index is 2.52. The van der Waals surface area contributed by atoms with E-state index in [4.69, 9.17) is 11.6 Å². The molecule has 0 unspecified atom stereocenters. The van der Waals surface area contributed by atoms with Crippen molar-refractivity contribution in [3.05, 3.63) is 29.3 Å². The lowest BCUT2D eigenvalue weighted by Crippen LogP contribution is -2.09. The summed E-state index contributed by atoms with van der Waals surface area (Å²) >= 11 is 5.63. The van der Waals surface area contributed by atoms with E-state index in [2.05, 4.69) is 5.32 Å². The summed E-state index contributed by atoms with van der Waals surface area (Å²) in [7, 11) is 0. The molecule has 66 valence electrons. The molecule has 12 heavy (non-hydrogen) atoms. The van der Waals surface area contributed by atoms with Gasteiger partial charge < -0.3 is 5.32 Å². The number of anilines is 1. The van der Waals surface area contributed by atoms with Crippen LogP contribution in [-0.4, -0.2) is 13.0 Å². The number of alkyl halides is 2. The van der Waals surface area contributed by atoms with Gasteiger partial charge in [0.2, 0.25) is 0 Å². The van der Waals surface area contributed by atoms with Crippen LogP contribution in [0, 0.1) is 0 Å². The van der Waals surface area contributed by atoms with E-state index >= 15 is 0 Å². The highest BCUT2D eigenvalue weighted by molar-refractivity contribution is 6.30. The molecule has 0 aliphatic heterocycles. The Morgan fingerprint density at radius 3 is 2.75 bits per heavy atom. The monoisotopic (exact) mass is 191 g/mol. The first-order valence-electron chi connectivity index (χ1n) is 3.46. The van der Waals surface area contributed by atoms with Crippen LogP contribution in [-0.2, 0) is 0 Å². The van der Waals surface area contributed by atoms with Gasteiger partial charge in [-0.3, -0.25) is 0 Å². The zero-order chi connectivity index (χ0) is 8.97. The van der Waals surface area contributed by atoms with Crippen LogP contribution in [0.25, 0.3) is 0 Å². The molecule has 0 saturated carbocycles. The minimum Gasteiger partial charge on any atom is -0.379 e. The second kappa shape index (κ2) is 4.26.